The molecule has 146 valence electrons. The molecule has 27 heavy (non-hydrogen) atoms. The van der Waals surface area contributed by atoms with Gasteiger partial charge in [-0.1, -0.05) is 37.6 Å². The molecule has 2 rings (SSSR count). The molecular weight excluding hydrogens is 362 g/mol. The Bertz CT molecular complexity index is 850. The maximum absolute atomic E-state index is 12.8. The van der Waals surface area contributed by atoms with Crippen LogP contribution in [0.4, 0.5) is 0 Å². The van der Waals surface area contributed by atoms with Crippen molar-refractivity contribution in [3.63, 3.8) is 0 Å². The molecule has 7 heteroatoms. The second kappa shape index (κ2) is 9.10. The van der Waals surface area contributed by atoms with Crippen LogP contribution in [0.5, 0.6) is 0 Å². The molecule has 1 amide bonds. The third-order valence-corrected chi connectivity index (χ3v) is 5.63. The molecule has 0 aliphatic rings. The van der Waals surface area contributed by atoms with Crippen molar-refractivity contribution in [1.29, 1.82) is 0 Å². The third kappa shape index (κ3) is 6.15. The zero-order valence-corrected chi connectivity index (χ0v) is 17.0. The van der Waals surface area contributed by atoms with Gasteiger partial charge in [-0.25, -0.2) is 8.42 Å². The number of rotatable bonds is 8. The first-order valence-corrected chi connectivity index (χ1v) is 10.5. The second-order valence-electron chi connectivity index (χ2n) is 7.10. The van der Waals surface area contributed by atoms with Crippen molar-refractivity contribution in [3.8, 4) is 0 Å². The van der Waals surface area contributed by atoms with Crippen LogP contribution in [0.1, 0.15) is 44.5 Å². The summed E-state index contributed by atoms with van der Waals surface area (Å²) in [5.41, 5.74) is 1.69. The lowest BCUT2D eigenvalue weighted by molar-refractivity contribution is -0.123. The van der Waals surface area contributed by atoms with E-state index in [1.807, 2.05) is 39.8 Å². The number of hydrogen-bond donors (Lipinski definition) is 2. The van der Waals surface area contributed by atoms with Crippen LogP contribution in [-0.2, 0) is 14.8 Å². The molecule has 2 atom stereocenters. The van der Waals surface area contributed by atoms with Gasteiger partial charge in [0.2, 0.25) is 15.9 Å². The van der Waals surface area contributed by atoms with E-state index in [0.29, 0.717) is 6.42 Å². The third-order valence-electron chi connectivity index (χ3n) is 4.14. The molecule has 1 aromatic heterocycles. The molecule has 2 unspecified atom stereocenters. The van der Waals surface area contributed by atoms with Crippen molar-refractivity contribution in [3.05, 3.63) is 59.9 Å². The van der Waals surface area contributed by atoms with E-state index in [1.54, 1.807) is 36.5 Å². The highest BCUT2D eigenvalue weighted by molar-refractivity contribution is 7.89. The Kier molecular flexibility index (Phi) is 7.10. The molecule has 2 N–H and O–H groups in total. The van der Waals surface area contributed by atoms with Crippen LogP contribution in [-0.4, -0.2) is 25.4 Å². The van der Waals surface area contributed by atoms with Gasteiger partial charge in [0.1, 0.15) is 6.04 Å². The van der Waals surface area contributed by atoms with Crippen LogP contribution in [0.15, 0.2) is 53.6 Å². The minimum absolute atomic E-state index is 0.145. The highest BCUT2D eigenvalue weighted by atomic mass is 32.2. The standard InChI is InChI=1S/C20H27N3O3S/c1-14(2)13-19(20(24)22-16(4)18-7-5-6-12-21-18)23-27(25,26)17-10-8-15(3)9-11-17/h5-12,14,16,19,23H,13H2,1-4H3,(H,22,24). The van der Waals surface area contributed by atoms with E-state index >= 15 is 0 Å². The number of nitrogens with one attached hydrogen (secondary N) is 2. The largest absolute Gasteiger partial charge is 0.347 e. The summed E-state index contributed by atoms with van der Waals surface area (Å²) < 4.78 is 27.9. The SMILES string of the molecule is Cc1ccc(S(=O)(=O)NC(CC(C)C)C(=O)NC(C)c2ccccn2)cc1. The number of carbonyl (C=O) groups is 1. The van der Waals surface area contributed by atoms with Gasteiger partial charge in [-0.3, -0.25) is 9.78 Å². The number of amides is 1. The highest BCUT2D eigenvalue weighted by Gasteiger charge is 2.27. The van der Waals surface area contributed by atoms with Gasteiger partial charge in [-0.15, -0.1) is 0 Å². The molecule has 0 aliphatic carbocycles. The van der Waals surface area contributed by atoms with E-state index in [4.69, 9.17) is 0 Å². The van der Waals surface area contributed by atoms with Crippen LogP contribution in [0, 0.1) is 12.8 Å². The van der Waals surface area contributed by atoms with Gasteiger partial charge in [0, 0.05) is 6.20 Å². The summed E-state index contributed by atoms with van der Waals surface area (Å²) in [6, 6.07) is 10.8. The Labute approximate surface area is 161 Å². The van der Waals surface area contributed by atoms with Gasteiger partial charge < -0.3 is 5.32 Å². The number of pyridine rings is 1. The molecule has 0 spiro atoms. The second-order valence-corrected chi connectivity index (χ2v) is 8.82. The summed E-state index contributed by atoms with van der Waals surface area (Å²) in [6.07, 6.45) is 2.05. The summed E-state index contributed by atoms with van der Waals surface area (Å²) in [5.74, 6) is -0.218. The average Bonchev–Trinajstić information content (AvgIpc) is 2.61. The number of carbonyl (C=O) groups excluding carboxylic acids is 1. The summed E-state index contributed by atoms with van der Waals surface area (Å²) in [4.78, 5) is 17.1. The van der Waals surface area contributed by atoms with E-state index in [9.17, 15) is 13.2 Å². The lowest BCUT2D eigenvalue weighted by Crippen LogP contribution is -2.47. The summed E-state index contributed by atoms with van der Waals surface area (Å²) in [7, 11) is -3.79. The van der Waals surface area contributed by atoms with E-state index in [-0.39, 0.29) is 22.8 Å². The van der Waals surface area contributed by atoms with Gasteiger partial charge >= 0.3 is 0 Å². The number of benzene rings is 1. The van der Waals surface area contributed by atoms with Crippen LogP contribution >= 0.6 is 0 Å². The normalized spacial score (nSPS) is 14.0. The molecule has 0 bridgehead atoms. The summed E-state index contributed by atoms with van der Waals surface area (Å²) in [6.45, 7) is 7.60. The maximum Gasteiger partial charge on any atom is 0.241 e. The molecule has 6 nitrogen and oxygen atoms in total. The van der Waals surface area contributed by atoms with Crippen molar-refractivity contribution in [1.82, 2.24) is 15.0 Å². The van der Waals surface area contributed by atoms with Gasteiger partial charge in [-0.2, -0.15) is 4.72 Å². The smallest absolute Gasteiger partial charge is 0.241 e. The fourth-order valence-corrected chi connectivity index (χ4v) is 3.88. The predicted octanol–water partition coefficient (Wildman–Crippen LogP) is 2.96. The Morgan fingerprint density at radius 3 is 2.30 bits per heavy atom. The fourth-order valence-electron chi connectivity index (χ4n) is 2.67. The van der Waals surface area contributed by atoms with Crippen molar-refractivity contribution < 1.29 is 13.2 Å². The zero-order valence-electron chi connectivity index (χ0n) is 16.1. The number of hydrogen-bond acceptors (Lipinski definition) is 4. The molecule has 0 fully saturated rings. The predicted molar refractivity (Wildman–Crippen MR) is 106 cm³/mol. The fraction of sp³-hybridized carbons (Fsp3) is 0.400. The van der Waals surface area contributed by atoms with Gasteiger partial charge in [-0.05, 0) is 50.5 Å². The van der Waals surface area contributed by atoms with Gasteiger partial charge in [0.15, 0.2) is 0 Å². The monoisotopic (exact) mass is 389 g/mol. The Balaban J connectivity index is 2.16. The molecule has 0 saturated heterocycles. The first-order chi connectivity index (χ1) is 12.7. The Hall–Kier alpha value is -2.25. The number of aryl methyl sites for hydroxylation is 1. The molecule has 0 radical (unpaired) electrons. The minimum Gasteiger partial charge on any atom is -0.347 e. The molecule has 1 aromatic carbocycles. The molecule has 0 saturated carbocycles. The number of aromatic nitrogens is 1. The molecule has 1 heterocycles. The van der Waals surface area contributed by atoms with Crippen molar-refractivity contribution in [2.45, 2.75) is 51.1 Å². The lowest BCUT2D eigenvalue weighted by Gasteiger charge is -2.22. The minimum atomic E-state index is -3.79. The van der Waals surface area contributed by atoms with Gasteiger partial charge in [0.25, 0.3) is 0 Å². The number of nitrogens with zero attached hydrogens (tertiary/aromatic N) is 1. The van der Waals surface area contributed by atoms with Crippen LogP contribution < -0.4 is 10.0 Å². The van der Waals surface area contributed by atoms with Crippen molar-refractivity contribution >= 4 is 15.9 Å². The van der Waals surface area contributed by atoms with E-state index in [2.05, 4.69) is 15.0 Å². The van der Waals surface area contributed by atoms with E-state index in [1.165, 1.54) is 0 Å². The van der Waals surface area contributed by atoms with Crippen LogP contribution in [0.3, 0.4) is 0 Å². The van der Waals surface area contributed by atoms with E-state index in [0.717, 1.165) is 11.3 Å². The van der Waals surface area contributed by atoms with Gasteiger partial charge in [0.05, 0.1) is 16.6 Å². The first-order valence-electron chi connectivity index (χ1n) is 8.99. The summed E-state index contributed by atoms with van der Waals surface area (Å²) in [5, 5.41) is 2.86. The first kappa shape index (κ1) is 21.1. The highest BCUT2D eigenvalue weighted by Crippen LogP contribution is 2.15. The van der Waals surface area contributed by atoms with Crippen LogP contribution in [0.25, 0.3) is 0 Å². The molecule has 2 aromatic rings. The Morgan fingerprint density at radius 2 is 1.74 bits per heavy atom. The zero-order chi connectivity index (χ0) is 20.0. The molecular formula is C20H27N3O3S. The lowest BCUT2D eigenvalue weighted by atomic mass is 10.0. The van der Waals surface area contributed by atoms with E-state index < -0.39 is 16.1 Å². The quantitative estimate of drug-likeness (QED) is 0.726. The number of sulfonamides is 1. The van der Waals surface area contributed by atoms with Crippen LogP contribution in [0.2, 0.25) is 0 Å². The van der Waals surface area contributed by atoms with Crippen molar-refractivity contribution in [2.75, 3.05) is 0 Å². The Morgan fingerprint density at radius 1 is 1.07 bits per heavy atom. The average molecular weight is 390 g/mol. The molecule has 0 aliphatic heterocycles. The topological polar surface area (TPSA) is 88.2 Å². The summed E-state index contributed by atoms with van der Waals surface area (Å²) >= 11 is 0. The van der Waals surface area contributed by atoms with Crippen molar-refractivity contribution in [2.24, 2.45) is 5.92 Å². The maximum atomic E-state index is 12.8.